The van der Waals surface area contributed by atoms with Crippen molar-refractivity contribution >= 4 is 11.8 Å². The van der Waals surface area contributed by atoms with Gasteiger partial charge in [0.2, 0.25) is 0 Å². The van der Waals surface area contributed by atoms with Gasteiger partial charge in [-0.2, -0.15) is 0 Å². The Kier molecular flexibility index (Phi) is 3.56. The molecule has 0 aromatic rings. The lowest BCUT2D eigenvalue weighted by atomic mass is 9.74. The highest BCUT2D eigenvalue weighted by molar-refractivity contribution is 8.02. The summed E-state index contributed by atoms with van der Waals surface area (Å²) >= 11 is 2.14. The third-order valence-corrected chi connectivity index (χ3v) is 7.27. The number of hydrogen-bond donors (Lipinski definition) is 0. The first kappa shape index (κ1) is 16.4. The smallest absolute Gasteiger partial charge is 0.0305 e. The van der Waals surface area contributed by atoms with E-state index >= 15 is 0 Å². The molecule has 1 fully saturated rings. The molecule has 0 amide bonds. The minimum atomic E-state index is 0.162. The van der Waals surface area contributed by atoms with Crippen molar-refractivity contribution in [3.63, 3.8) is 0 Å². The molecule has 0 aromatic heterocycles. The summed E-state index contributed by atoms with van der Waals surface area (Å²) in [4.78, 5) is 2.74. The van der Waals surface area contributed by atoms with Gasteiger partial charge < -0.3 is 0 Å². The van der Waals surface area contributed by atoms with Crippen LogP contribution >= 0.6 is 11.8 Å². The molecule has 1 saturated heterocycles. The van der Waals surface area contributed by atoms with Gasteiger partial charge in [0.05, 0.1) is 0 Å². The van der Waals surface area contributed by atoms with E-state index in [1.54, 1.807) is 0 Å². The first-order chi connectivity index (χ1) is 7.57. The van der Waals surface area contributed by atoms with Gasteiger partial charge in [0.15, 0.2) is 0 Å². The number of rotatable bonds is 0. The van der Waals surface area contributed by atoms with E-state index in [-0.39, 0.29) is 26.1 Å². The summed E-state index contributed by atoms with van der Waals surface area (Å²) in [6.45, 7) is 26.2. The average molecular weight is 272 g/mol. The minimum Gasteiger partial charge on any atom is -0.286 e. The van der Waals surface area contributed by atoms with Gasteiger partial charge in [0.25, 0.3) is 0 Å². The molecule has 0 spiro atoms. The molecule has 1 aliphatic heterocycles. The van der Waals surface area contributed by atoms with E-state index < -0.39 is 0 Å². The van der Waals surface area contributed by atoms with E-state index in [4.69, 9.17) is 0 Å². The molecule has 1 rings (SSSR count). The summed E-state index contributed by atoms with van der Waals surface area (Å²) in [5.74, 6) is 0. The normalized spacial score (nSPS) is 30.2. The van der Waals surface area contributed by atoms with Gasteiger partial charge >= 0.3 is 0 Å². The third-order valence-electron chi connectivity index (χ3n) is 5.25. The summed E-state index contributed by atoms with van der Waals surface area (Å²) in [5.41, 5.74) is 0.492. The van der Waals surface area contributed by atoms with E-state index in [1.165, 1.54) is 0 Å². The van der Waals surface area contributed by atoms with Gasteiger partial charge in [-0.3, -0.25) is 4.90 Å². The first-order valence-electron chi connectivity index (χ1n) is 7.08. The van der Waals surface area contributed by atoms with Crippen LogP contribution < -0.4 is 0 Å². The van der Waals surface area contributed by atoms with Gasteiger partial charge in [-0.1, -0.05) is 0 Å². The number of thioether (sulfide) groups is 1. The fraction of sp³-hybridized carbons (Fsp3) is 1.00. The van der Waals surface area contributed by atoms with Crippen LogP contribution in [0.15, 0.2) is 0 Å². The SMILES string of the molecule is CC(C)(C)N1C(C)(C)C(C)(C)SC(C)(C)C1(C)C. The Balaban J connectivity index is 3.48. The highest BCUT2D eigenvalue weighted by Crippen LogP contribution is 2.59. The van der Waals surface area contributed by atoms with Crippen LogP contribution in [0.4, 0.5) is 0 Å². The maximum atomic E-state index is 2.74. The van der Waals surface area contributed by atoms with Crippen LogP contribution in [0, 0.1) is 0 Å². The van der Waals surface area contributed by atoms with Gasteiger partial charge in [0, 0.05) is 26.1 Å². The standard InChI is InChI=1S/C16H33NS/c1-12(2,3)17-13(4,5)15(8,9)18-16(10,11)14(17,6)7/h1-11H3. The predicted octanol–water partition coefficient (Wildman–Crippen LogP) is 4.95. The van der Waals surface area contributed by atoms with Crippen LogP contribution in [0.2, 0.25) is 0 Å². The van der Waals surface area contributed by atoms with Crippen molar-refractivity contribution in [3.8, 4) is 0 Å². The molecule has 0 radical (unpaired) electrons. The molecule has 1 heterocycles. The second-order valence-corrected chi connectivity index (χ2v) is 11.0. The Morgan fingerprint density at radius 2 is 0.944 bits per heavy atom. The lowest BCUT2D eigenvalue weighted by molar-refractivity contribution is -0.0927. The van der Waals surface area contributed by atoms with Crippen LogP contribution in [-0.2, 0) is 0 Å². The van der Waals surface area contributed by atoms with Crippen molar-refractivity contribution in [2.75, 3.05) is 0 Å². The van der Waals surface area contributed by atoms with E-state index in [9.17, 15) is 0 Å². The van der Waals surface area contributed by atoms with Crippen LogP contribution in [0.1, 0.15) is 76.2 Å². The van der Waals surface area contributed by atoms with E-state index in [2.05, 4.69) is 92.8 Å². The zero-order valence-electron chi connectivity index (χ0n) is 14.4. The quantitative estimate of drug-likeness (QED) is 0.613. The van der Waals surface area contributed by atoms with Gasteiger partial charge in [-0.15, -0.1) is 11.8 Å². The van der Waals surface area contributed by atoms with Crippen molar-refractivity contribution in [1.82, 2.24) is 4.90 Å². The van der Waals surface area contributed by atoms with Crippen molar-refractivity contribution < 1.29 is 0 Å². The van der Waals surface area contributed by atoms with Crippen LogP contribution in [-0.4, -0.2) is 31.0 Å². The second kappa shape index (κ2) is 3.91. The molecule has 108 valence electrons. The summed E-state index contributed by atoms with van der Waals surface area (Å²) in [7, 11) is 0. The van der Waals surface area contributed by atoms with E-state index in [0.29, 0.717) is 0 Å². The molecule has 0 atom stereocenters. The Morgan fingerprint density at radius 3 is 1.17 bits per heavy atom. The average Bonchev–Trinajstić information content (AvgIpc) is 1.93. The van der Waals surface area contributed by atoms with Crippen molar-refractivity contribution in [2.24, 2.45) is 0 Å². The molecular formula is C16H33NS. The number of hydrogen-bond acceptors (Lipinski definition) is 2. The monoisotopic (exact) mass is 271 g/mol. The number of nitrogens with zero attached hydrogens (tertiary/aromatic N) is 1. The summed E-state index contributed by atoms with van der Waals surface area (Å²) in [6.07, 6.45) is 0. The summed E-state index contributed by atoms with van der Waals surface area (Å²) in [6, 6.07) is 0. The van der Waals surface area contributed by atoms with E-state index in [0.717, 1.165) is 0 Å². The molecule has 0 bridgehead atoms. The van der Waals surface area contributed by atoms with E-state index in [1.807, 2.05) is 0 Å². The second-order valence-electron chi connectivity index (χ2n) is 8.75. The fourth-order valence-electron chi connectivity index (χ4n) is 3.80. The Morgan fingerprint density at radius 1 is 0.667 bits per heavy atom. The summed E-state index contributed by atoms with van der Waals surface area (Å²) in [5, 5.41) is 0. The first-order valence-corrected chi connectivity index (χ1v) is 7.90. The molecule has 0 N–H and O–H groups in total. The Hall–Kier alpha value is 0.310. The van der Waals surface area contributed by atoms with Crippen LogP contribution in [0.25, 0.3) is 0 Å². The maximum Gasteiger partial charge on any atom is 0.0305 e. The minimum absolute atomic E-state index is 0.162. The Bertz CT molecular complexity index is 305. The van der Waals surface area contributed by atoms with Crippen molar-refractivity contribution in [3.05, 3.63) is 0 Å². The molecule has 18 heavy (non-hydrogen) atoms. The van der Waals surface area contributed by atoms with Gasteiger partial charge in [0.1, 0.15) is 0 Å². The van der Waals surface area contributed by atoms with Crippen LogP contribution in [0.5, 0.6) is 0 Å². The molecule has 0 aromatic carbocycles. The van der Waals surface area contributed by atoms with Crippen LogP contribution in [0.3, 0.4) is 0 Å². The lowest BCUT2D eigenvalue weighted by Gasteiger charge is -2.69. The highest BCUT2D eigenvalue weighted by atomic mass is 32.2. The third kappa shape index (κ3) is 2.14. The molecule has 0 saturated carbocycles. The fourth-order valence-corrected chi connectivity index (χ4v) is 5.76. The highest BCUT2D eigenvalue weighted by Gasteiger charge is 2.62. The zero-order valence-corrected chi connectivity index (χ0v) is 15.2. The molecule has 1 nitrogen and oxygen atoms in total. The van der Waals surface area contributed by atoms with Crippen molar-refractivity contribution in [2.45, 2.75) is 102 Å². The predicted molar refractivity (Wildman–Crippen MR) is 85.5 cm³/mol. The largest absolute Gasteiger partial charge is 0.286 e. The maximum absolute atomic E-state index is 2.74. The Labute approximate surface area is 119 Å². The molecule has 1 aliphatic rings. The van der Waals surface area contributed by atoms with Gasteiger partial charge in [-0.25, -0.2) is 0 Å². The molecule has 2 heteroatoms. The molecule has 0 aliphatic carbocycles. The topological polar surface area (TPSA) is 3.24 Å². The zero-order chi connectivity index (χ0) is 14.8. The summed E-state index contributed by atoms with van der Waals surface area (Å²) < 4.78 is 0.471. The van der Waals surface area contributed by atoms with Gasteiger partial charge in [-0.05, 0) is 76.2 Å². The molecular weight excluding hydrogens is 238 g/mol. The molecule has 0 unspecified atom stereocenters. The lowest BCUT2D eigenvalue weighted by Crippen LogP contribution is -2.77. The van der Waals surface area contributed by atoms with Crippen molar-refractivity contribution in [1.29, 1.82) is 0 Å².